The van der Waals surface area contributed by atoms with E-state index in [9.17, 15) is 0 Å². The number of thiophene rings is 1. The molecule has 0 unspecified atom stereocenters. The lowest BCUT2D eigenvalue weighted by Gasteiger charge is -2.26. The highest BCUT2D eigenvalue weighted by molar-refractivity contribution is 7.25. The first-order valence-electron chi connectivity index (χ1n) is 19.3. The van der Waals surface area contributed by atoms with Crippen LogP contribution in [0.1, 0.15) is 0 Å². The van der Waals surface area contributed by atoms with Gasteiger partial charge in [-0.25, -0.2) is 0 Å². The average Bonchev–Trinajstić information content (AvgIpc) is 3.81. The molecule has 0 saturated carbocycles. The van der Waals surface area contributed by atoms with E-state index < -0.39 is 0 Å². The van der Waals surface area contributed by atoms with E-state index in [2.05, 4.69) is 196 Å². The van der Waals surface area contributed by atoms with Crippen molar-refractivity contribution in [3.8, 4) is 33.4 Å². The summed E-state index contributed by atoms with van der Waals surface area (Å²) >= 11 is 1.85. The van der Waals surface area contributed by atoms with Gasteiger partial charge in [0.15, 0.2) is 0 Å². The zero-order valence-corrected chi connectivity index (χ0v) is 33.1. The summed E-state index contributed by atoms with van der Waals surface area (Å²) in [6.07, 6.45) is 0. The first-order valence-corrected chi connectivity index (χ1v) is 20.2. The highest BCUT2D eigenvalue weighted by Crippen LogP contribution is 2.42. The number of rotatable bonds is 6. The van der Waals surface area contributed by atoms with Crippen molar-refractivity contribution < 1.29 is 4.42 Å². The highest BCUT2D eigenvalue weighted by atomic mass is 32.1. The topological polar surface area (TPSA) is 16.4 Å². The largest absolute Gasteiger partial charge is 0.455 e. The van der Waals surface area contributed by atoms with Crippen LogP contribution in [0.15, 0.2) is 162 Å². The molecule has 0 aliphatic carbocycles. The fourth-order valence-electron chi connectivity index (χ4n) is 8.64. The molecule has 10 aromatic rings. The summed E-state index contributed by atoms with van der Waals surface area (Å²) in [6.45, 7) is 0. The van der Waals surface area contributed by atoms with E-state index in [1.54, 1.807) is 0 Å². The zero-order chi connectivity index (χ0) is 38.1. The van der Waals surface area contributed by atoms with Crippen molar-refractivity contribution in [3.05, 3.63) is 158 Å². The van der Waals surface area contributed by atoms with Gasteiger partial charge in [0, 0.05) is 53.6 Å². The Hall–Kier alpha value is -6.10. The van der Waals surface area contributed by atoms with E-state index >= 15 is 0 Å². The first-order chi connectivity index (χ1) is 27.3. The molecule has 8 heteroatoms. The highest BCUT2D eigenvalue weighted by Gasteiger charge is 2.18. The molecule has 260 valence electrons. The summed E-state index contributed by atoms with van der Waals surface area (Å²) in [7, 11) is 11.3. The number of nitrogens with zero attached hydrogens (tertiary/aromatic N) is 1. The van der Waals surface area contributed by atoms with Crippen LogP contribution in [0, 0.1) is 0 Å². The van der Waals surface area contributed by atoms with Crippen molar-refractivity contribution in [1.82, 2.24) is 0 Å². The minimum atomic E-state index is 0.899. The lowest BCUT2D eigenvalue weighted by Crippen LogP contribution is -2.55. The maximum atomic E-state index is 6.49. The fraction of sp³-hybridized carbons (Fsp3) is 0. The Kier molecular flexibility index (Phi) is 8.34. The van der Waals surface area contributed by atoms with Gasteiger partial charge in [-0.05, 0) is 88.5 Å². The van der Waals surface area contributed by atoms with E-state index in [0.29, 0.717) is 0 Å². The van der Waals surface area contributed by atoms with Crippen molar-refractivity contribution in [2.45, 2.75) is 0 Å². The molecule has 0 aliphatic rings. The Labute approximate surface area is 335 Å². The van der Waals surface area contributed by atoms with Gasteiger partial charge in [-0.15, -0.1) is 27.7 Å². The molecule has 0 atom stereocenters. The monoisotopic (exact) mass is 729 g/mol. The third-order valence-electron chi connectivity index (χ3n) is 12.1. The predicted molar refractivity (Wildman–Crippen MR) is 258 cm³/mol. The Morgan fingerprint density at radius 3 is 1.71 bits per heavy atom. The molecule has 0 aliphatic heterocycles. The Morgan fingerprint density at radius 2 is 0.982 bits per heavy atom. The summed E-state index contributed by atoms with van der Waals surface area (Å²) < 4.78 is 9.10. The summed E-state index contributed by atoms with van der Waals surface area (Å²) in [5, 5.41) is 4.84. The van der Waals surface area contributed by atoms with Crippen LogP contribution in [0.4, 0.5) is 17.1 Å². The molecule has 2 heterocycles. The van der Waals surface area contributed by atoms with Gasteiger partial charge in [-0.1, -0.05) is 108 Å². The van der Waals surface area contributed by atoms with Gasteiger partial charge in [0.2, 0.25) is 0 Å². The molecule has 0 spiro atoms. The second-order valence-corrected chi connectivity index (χ2v) is 16.2. The van der Waals surface area contributed by atoms with Crippen LogP contribution in [-0.2, 0) is 0 Å². The first kappa shape index (κ1) is 34.4. The average molecular weight is 729 g/mol. The van der Waals surface area contributed by atoms with Gasteiger partial charge in [0.25, 0.3) is 0 Å². The van der Waals surface area contributed by atoms with Crippen LogP contribution in [0.5, 0.6) is 0 Å². The minimum absolute atomic E-state index is 0.899. The van der Waals surface area contributed by atoms with E-state index in [1.807, 2.05) is 17.4 Å². The molecule has 0 radical (unpaired) electrons. The summed E-state index contributed by atoms with van der Waals surface area (Å²) in [6, 6.07) is 57.3. The standard InChI is InChI=1S/C48H36B5NOS/c49-43-42(44(50)46(52)47(53)45(43)51)29-15-20-32(21-16-29)54(33-22-24-41-38(26-33)35-9-4-5-12-40(35)56-41)31-18-13-27(14-19-31)30-17-23-39-37(25-30)36-11-6-10-34(48(36)55-39)28-7-2-1-3-8-28/h1-26H,49-53H2. The number of furan rings is 1. The Balaban J connectivity index is 1.07. The number of hydrogen-bond acceptors (Lipinski definition) is 3. The fourth-order valence-corrected chi connectivity index (χ4v) is 9.72. The van der Waals surface area contributed by atoms with Gasteiger partial charge in [-0.2, -0.15) is 0 Å². The molecule has 2 nitrogen and oxygen atoms in total. The van der Waals surface area contributed by atoms with Crippen molar-refractivity contribution in [1.29, 1.82) is 0 Å². The maximum Gasteiger partial charge on any atom is 0.143 e. The van der Waals surface area contributed by atoms with Crippen LogP contribution in [0.3, 0.4) is 0 Å². The Morgan fingerprint density at radius 1 is 0.393 bits per heavy atom. The third kappa shape index (κ3) is 5.62. The van der Waals surface area contributed by atoms with Gasteiger partial charge >= 0.3 is 0 Å². The molecular weight excluding hydrogens is 693 g/mol. The second-order valence-electron chi connectivity index (χ2n) is 15.1. The molecule has 0 amide bonds. The smallest absolute Gasteiger partial charge is 0.143 e. The van der Waals surface area contributed by atoms with E-state index in [4.69, 9.17) is 4.42 Å². The molecule has 8 aromatic carbocycles. The number of fused-ring (bicyclic) bond motifs is 6. The number of para-hydroxylation sites is 1. The molecular formula is C48H36B5NOS. The van der Waals surface area contributed by atoms with E-state index in [1.165, 1.54) is 58.6 Å². The zero-order valence-electron chi connectivity index (χ0n) is 32.3. The van der Waals surface area contributed by atoms with Crippen LogP contribution < -0.4 is 32.2 Å². The van der Waals surface area contributed by atoms with Gasteiger partial charge in [0.1, 0.15) is 50.4 Å². The van der Waals surface area contributed by atoms with Crippen molar-refractivity contribution >= 4 is 137 Å². The number of benzene rings is 8. The molecule has 2 aromatic heterocycles. The molecule has 10 rings (SSSR count). The SMILES string of the molecule is Bc1c(B)c(B)c(-c2ccc(N(c3ccc(-c4ccc5oc6c(-c7ccccc7)cccc6c5c4)cc3)c3ccc4sc5ccccc5c4c3)cc2)c(B)c1B. The molecule has 0 fully saturated rings. The van der Waals surface area contributed by atoms with Crippen LogP contribution >= 0.6 is 11.3 Å². The van der Waals surface area contributed by atoms with Crippen LogP contribution in [-0.4, -0.2) is 39.2 Å². The lowest BCUT2D eigenvalue weighted by molar-refractivity contribution is 0.670. The lowest BCUT2D eigenvalue weighted by atomic mass is 9.60. The predicted octanol–water partition coefficient (Wildman–Crippen LogP) is 5.72. The second kappa shape index (κ2) is 13.6. The molecule has 0 bridgehead atoms. The van der Waals surface area contributed by atoms with Gasteiger partial charge < -0.3 is 9.32 Å². The maximum absolute atomic E-state index is 6.49. The molecule has 0 saturated heterocycles. The third-order valence-corrected chi connectivity index (χ3v) is 13.2. The summed E-state index contributed by atoms with van der Waals surface area (Å²) in [5.41, 5.74) is 19.2. The molecule has 56 heavy (non-hydrogen) atoms. The van der Waals surface area contributed by atoms with Crippen molar-refractivity contribution in [2.75, 3.05) is 4.90 Å². The van der Waals surface area contributed by atoms with Crippen molar-refractivity contribution in [3.63, 3.8) is 0 Å². The quantitative estimate of drug-likeness (QED) is 0.204. The van der Waals surface area contributed by atoms with E-state index in [-0.39, 0.29) is 0 Å². The normalized spacial score (nSPS) is 11.6. The van der Waals surface area contributed by atoms with E-state index in [0.717, 1.165) is 61.3 Å². The number of anilines is 3. The van der Waals surface area contributed by atoms with Crippen LogP contribution in [0.2, 0.25) is 0 Å². The Bertz CT molecular complexity index is 3110. The van der Waals surface area contributed by atoms with Gasteiger partial charge in [0.05, 0.1) is 0 Å². The van der Waals surface area contributed by atoms with Gasteiger partial charge in [-0.3, -0.25) is 0 Å². The van der Waals surface area contributed by atoms with Crippen LogP contribution in [0.25, 0.3) is 75.5 Å². The molecule has 0 N–H and O–H groups in total. The van der Waals surface area contributed by atoms with Crippen molar-refractivity contribution in [2.24, 2.45) is 0 Å². The minimum Gasteiger partial charge on any atom is -0.455 e. The summed E-state index contributed by atoms with van der Waals surface area (Å²) in [4.78, 5) is 2.39. The summed E-state index contributed by atoms with van der Waals surface area (Å²) in [5.74, 6) is 0. The number of hydrogen-bond donors (Lipinski definition) is 0.